The maximum atomic E-state index is 13.4. The van der Waals surface area contributed by atoms with E-state index in [0.29, 0.717) is 5.78 Å². The molecular formula is C26H35N3O2. The van der Waals surface area contributed by atoms with E-state index in [4.69, 9.17) is 4.74 Å². The van der Waals surface area contributed by atoms with Crippen LogP contribution in [-0.2, 0) is 4.79 Å². The first-order valence-corrected chi connectivity index (χ1v) is 11.8. The summed E-state index contributed by atoms with van der Waals surface area (Å²) >= 11 is 0. The van der Waals surface area contributed by atoms with Crippen LogP contribution in [0.2, 0.25) is 0 Å². The van der Waals surface area contributed by atoms with Crippen LogP contribution in [0.5, 0.6) is 5.75 Å². The van der Waals surface area contributed by atoms with Gasteiger partial charge < -0.3 is 9.64 Å². The van der Waals surface area contributed by atoms with Crippen molar-refractivity contribution in [2.75, 3.05) is 44.7 Å². The molecule has 1 aromatic carbocycles. The number of piperazine rings is 1. The van der Waals surface area contributed by atoms with Crippen molar-refractivity contribution < 1.29 is 9.53 Å². The minimum atomic E-state index is -0.0726. The molecule has 1 aromatic heterocycles. The maximum Gasteiger partial charge on any atom is 0.145 e. The van der Waals surface area contributed by atoms with Gasteiger partial charge >= 0.3 is 0 Å². The maximum absolute atomic E-state index is 13.4. The Morgan fingerprint density at radius 1 is 1.03 bits per heavy atom. The van der Waals surface area contributed by atoms with Gasteiger partial charge in [-0.1, -0.05) is 37.5 Å². The Labute approximate surface area is 186 Å². The molecule has 5 nitrogen and oxygen atoms in total. The zero-order valence-electron chi connectivity index (χ0n) is 18.7. The van der Waals surface area contributed by atoms with Crippen molar-refractivity contribution in [3.05, 3.63) is 54.4 Å². The molecule has 4 rings (SSSR count). The Morgan fingerprint density at radius 3 is 2.48 bits per heavy atom. The van der Waals surface area contributed by atoms with Gasteiger partial charge in [-0.15, -0.1) is 0 Å². The third-order valence-corrected chi connectivity index (χ3v) is 6.93. The lowest BCUT2D eigenvalue weighted by Crippen LogP contribution is -2.47. The third kappa shape index (κ3) is 5.45. The number of Topliss-reactive ketones (excluding diaryl/α,β-unsaturated/α-hetero) is 1. The lowest BCUT2D eigenvalue weighted by molar-refractivity contribution is -0.125. The average Bonchev–Trinajstić information content (AvgIpc) is 2.85. The number of rotatable bonds is 8. The van der Waals surface area contributed by atoms with Crippen molar-refractivity contribution in [1.29, 1.82) is 0 Å². The molecule has 1 saturated carbocycles. The van der Waals surface area contributed by atoms with Gasteiger partial charge in [0, 0.05) is 38.3 Å². The lowest BCUT2D eigenvalue weighted by atomic mass is 9.79. The molecule has 2 aromatic rings. The number of pyridine rings is 1. The van der Waals surface area contributed by atoms with Crippen LogP contribution < -0.4 is 9.64 Å². The number of para-hydroxylation sites is 2. The summed E-state index contributed by atoms with van der Waals surface area (Å²) < 4.78 is 5.54. The normalized spacial score (nSPS) is 19.2. The van der Waals surface area contributed by atoms with Gasteiger partial charge in [0.05, 0.1) is 24.4 Å². The first-order chi connectivity index (χ1) is 15.3. The standard InChI is InChI=1S/C26H35N3O2/c1-31-25-13-6-5-12-24(25)29-19-17-28(18-20-29)16-14-22(23-11-7-8-15-27-23)26(30)21-9-3-2-4-10-21/h5-8,11-13,15,21-22H,2-4,9-10,14,16-20H2,1H3. The number of anilines is 1. The zero-order chi connectivity index (χ0) is 21.5. The summed E-state index contributed by atoms with van der Waals surface area (Å²) in [5, 5.41) is 0. The summed E-state index contributed by atoms with van der Waals surface area (Å²) in [6.07, 6.45) is 8.45. The van der Waals surface area contributed by atoms with Crippen LogP contribution in [0.25, 0.3) is 0 Å². The molecule has 1 atom stereocenters. The summed E-state index contributed by atoms with van der Waals surface area (Å²) in [6.45, 7) is 4.91. The fraction of sp³-hybridized carbons (Fsp3) is 0.538. The second-order valence-corrected chi connectivity index (χ2v) is 8.83. The van der Waals surface area contributed by atoms with E-state index in [0.717, 1.165) is 63.4 Å². The average molecular weight is 422 g/mol. The monoisotopic (exact) mass is 421 g/mol. The van der Waals surface area contributed by atoms with Crippen molar-refractivity contribution in [2.45, 2.75) is 44.4 Å². The smallest absolute Gasteiger partial charge is 0.145 e. The quantitative estimate of drug-likeness (QED) is 0.626. The SMILES string of the molecule is COc1ccccc1N1CCN(CCC(C(=O)C2CCCCC2)c2ccccn2)CC1. The predicted octanol–water partition coefficient (Wildman–Crippen LogP) is 4.54. The first kappa shape index (κ1) is 21.8. The number of hydrogen-bond donors (Lipinski definition) is 0. The minimum absolute atomic E-state index is 0.0726. The molecule has 1 aliphatic heterocycles. The molecule has 1 unspecified atom stereocenters. The molecule has 2 fully saturated rings. The summed E-state index contributed by atoms with van der Waals surface area (Å²) in [7, 11) is 1.73. The number of benzene rings is 1. The van der Waals surface area contributed by atoms with Gasteiger partial charge in [-0.2, -0.15) is 0 Å². The molecular weight excluding hydrogens is 386 g/mol. The second-order valence-electron chi connectivity index (χ2n) is 8.83. The number of nitrogens with zero attached hydrogens (tertiary/aromatic N) is 3. The highest BCUT2D eigenvalue weighted by Crippen LogP contribution is 2.32. The van der Waals surface area contributed by atoms with E-state index < -0.39 is 0 Å². The molecule has 31 heavy (non-hydrogen) atoms. The van der Waals surface area contributed by atoms with Gasteiger partial charge in [0.15, 0.2) is 0 Å². The van der Waals surface area contributed by atoms with Gasteiger partial charge in [-0.25, -0.2) is 0 Å². The summed E-state index contributed by atoms with van der Waals surface area (Å²) in [6, 6.07) is 14.2. The van der Waals surface area contributed by atoms with Crippen LogP contribution in [-0.4, -0.2) is 55.5 Å². The molecule has 0 amide bonds. The molecule has 166 valence electrons. The lowest BCUT2D eigenvalue weighted by Gasteiger charge is -2.37. The molecule has 2 heterocycles. The number of ketones is 1. The Morgan fingerprint density at radius 2 is 1.77 bits per heavy atom. The predicted molar refractivity (Wildman–Crippen MR) is 125 cm³/mol. The molecule has 1 saturated heterocycles. The van der Waals surface area contributed by atoms with Crippen molar-refractivity contribution in [3.8, 4) is 5.75 Å². The highest BCUT2D eigenvalue weighted by atomic mass is 16.5. The third-order valence-electron chi connectivity index (χ3n) is 6.93. The van der Waals surface area contributed by atoms with E-state index in [1.165, 1.54) is 24.9 Å². The number of methoxy groups -OCH3 is 1. The van der Waals surface area contributed by atoms with Crippen LogP contribution in [0.3, 0.4) is 0 Å². The van der Waals surface area contributed by atoms with Crippen molar-refractivity contribution in [3.63, 3.8) is 0 Å². The van der Waals surface area contributed by atoms with Crippen LogP contribution in [0, 0.1) is 5.92 Å². The molecule has 5 heteroatoms. The van der Waals surface area contributed by atoms with Crippen LogP contribution in [0.15, 0.2) is 48.7 Å². The van der Waals surface area contributed by atoms with Gasteiger partial charge in [0.1, 0.15) is 11.5 Å². The van der Waals surface area contributed by atoms with Crippen LogP contribution in [0.4, 0.5) is 5.69 Å². The molecule has 1 aliphatic carbocycles. The fourth-order valence-electron chi connectivity index (χ4n) is 5.10. The molecule has 2 aliphatic rings. The Bertz CT molecular complexity index is 828. The van der Waals surface area contributed by atoms with Crippen molar-refractivity contribution in [2.24, 2.45) is 5.92 Å². The summed E-state index contributed by atoms with van der Waals surface area (Å²) in [5.74, 6) is 1.51. The highest BCUT2D eigenvalue weighted by Gasteiger charge is 2.30. The minimum Gasteiger partial charge on any atom is -0.495 e. The number of carbonyl (C=O) groups is 1. The number of carbonyl (C=O) groups excluding carboxylic acids is 1. The molecule has 0 radical (unpaired) electrons. The topological polar surface area (TPSA) is 45.7 Å². The van der Waals surface area contributed by atoms with E-state index in [1.807, 2.05) is 36.5 Å². The molecule has 0 N–H and O–H groups in total. The van der Waals surface area contributed by atoms with Gasteiger partial charge in [-0.05, 0) is 50.1 Å². The highest BCUT2D eigenvalue weighted by molar-refractivity contribution is 5.87. The van der Waals surface area contributed by atoms with Gasteiger partial charge in [-0.3, -0.25) is 14.7 Å². The Balaban J connectivity index is 1.36. The largest absolute Gasteiger partial charge is 0.495 e. The van der Waals surface area contributed by atoms with E-state index >= 15 is 0 Å². The van der Waals surface area contributed by atoms with Crippen LogP contribution in [0.1, 0.15) is 50.1 Å². The molecule has 0 spiro atoms. The van der Waals surface area contributed by atoms with Crippen LogP contribution >= 0.6 is 0 Å². The first-order valence-electron chi connectivity index (χ1n) is 11.8. The van der Waals surface area contributed by atoms with E-state index in [9.17, 15) is 4.79 Å². The van der Waals surface area contributed by atoms with Gasteiger partial charge in [0.25, 0.3) is 0 Å². The van der Waals surface area contributed by atoms with E-state index in [2.05, 4.69) is 26.9 Å². The Kier molecular flexibility index (Phi) is 7.57. The van der Waals surface area contributed by atoms with E-state index in [1.54, 1.807) is 7.11 Å². The fourth-order valence-corrected chi connectivity index (χ4v) is 5.10. The van der Waals surface area contributed by atoms with Gasteiger partial charge in [0.2, 0.25) is 0 Å². The van der Waals surface area contributed by atoms with Crippen molar-refractivity contribution in [1.82, 2.24) is 9.88 Å². The Hall–Kier alpha value is -2.40. The number of aromatic nitrogens is 1. The second kappa shape index (κ2) is 10.8. The molecule has 0 bridgehead atoms. The van der Waals surface area contributed by atoms with E-state index in [-0.39, 0.29) is 11.8 Å². The number of hydrogen-bond acceptors (Lipinski definition) is 5. The zero-order valence-corrected chi connectivity index (χ0v) is 18.7. The van der Waals surface area contributed by atoms with Crippen molar-refractivity contribution >= 4 is 11.5 Å². The summed E-state index contributed by atoms with van der Waals surface area (Å²) in [5.41, 5.74) is 2.12. The number of ether oxygens (including phenoxy) is 1. The summed E-state index contributed by atoms with van der Waals surface area (Å²) in [4.78, 5) is 22.9.